The number of hydrogen-bond acceptors (Lipinski definition) is 6. The third-order valence-corrected chi connectivity index (χ3v) is 7.15. The van der Waals surface area contributed by atoms with Gasteiger partial charge in [-0.25, -0.2) is 8.42 Å². The molecule has 0 aliphatic heterocycles. The summed E-state index contributed by atoms with van der Waals surface area (Å²) in [5.41, 5.74) is 5.75. The molecule has 1 fully saturated rings. The van der Waals surface area contributed by atoms with Crippen LogP contribution < -0.4 is 11.1 Å². The monoisotopic (exact) mass is 317 g/mol. The Morgan fingerprint density at radius 1 is 1.40 bits per heavy atom. The zero-order valence-electron chi connectivity index (χ0n) is 12.2. The van der Waals surface area contributed by atoms with E-state index in [0.29, 0.717) is 22.9 Å². The first-order valence-electron chi connectivity index (χ1n) is 7.15. The normalized spacial score (nSPS) is 26.9. The molecule has 3 atom stereocenters. The summed E-state index contributed by atoms with van der Waals surface area (Å²) >= 11 is 1.15. The van der Waals surface area contributed by atoms with Crippen molar-refractivity contribution in [1.82, 2.24) is 4.37 Å². The van der Waals surface area contributed by atoms with Crippen molar-refractivity contribution in [3.05, 3.63) is 0 Å². The Morgan fingerprint density at radius 2 is 2.10 bits per heavy atom. The number of nitrogens with two attached hydrogens (primary N) is 1. The Hall–Kier alpha value is -0.820. The zero-order valence-corrected chi connectivity index (χ0v) is 13.9. The fourth-order valence-corrected chi connectivity index (χ4v) is 5.24. The molecule has 0 aromatic carbocycles. The van der Waals surface area contributed by atoms with Gasteiger partial charge in [-0.3, -0.25) is 0 Å². The number of nitrogen functional groups attached to an aromatic ring is 1. The van der Waals surface area contributed by atoms with Crippen molar-refractivity contribution in [2.45, 2.75) is 51.0 Å². The van der Waals surface area contributed by atoms with Crippen molar-refractivity contribution in [3.63, 3.8) is 0 Å². The first-order valence-corrected chi connectivity index (χ1v) is 9.57. The molecule has 7 heteroatoms. The summed E-state index contributed by atoms with van der Waals surface area (Å²) in [6, 6.07) is 0.311. The summed E-state index contributed by atoms with van der Waals surface area (Å²) in [5.74, 6) is 1.42. The van der Waals surface area contributed by atoms with Gasteiger partial charge in [0.1, 0.15) is 9.90 Å². The molecule has 1 aromatic heterocycles. The SMILES string of the molecule is CCC1CCC(Nc2snc(N)c2S(=O)(=O)CC)C1C. The van der Waals surface area contributed by atoms with Crippen LogP contribution in [-0.4, -0.2) is 24.6 Å². The van der Waals surface area contributed by atoms with Gasteiger partial charge in [0.25, 0.3) is 0 Å². The Labute approximate surface area is 125 Å². The van der Waals surface area contributed by atoms with Gasteiger partial charge in [-0.2, -0.15) is 4.37 Å². The molecule has 2 rings (SSSR count). The van der Waals surface area contributed by atoms with E-state index in [1.807, 2.05) is 0 Å². The van der Waals surface area contributed by atoms with Crippen molar-refractivity contribution in [2.75, 3.05) is 16.8 Å². The van der Waals surface area contributed by atoms with Crippen LogP contribution in [0, 0.1) is 11.8 Å². The zero-order chi connectivity index (χ0) is 14.9. The Bertz CT molecular complexity index is 568. The molecule has 0 radical (unpaired) electrons. The van der Waals surface area contributed by atoms with Gasteiger partial charge < -0.3 is 11.1 Å². The fraction of sp³-hybridized carbons (Fsp3) is 0.769. The molecule has 5 nitrogen and oxygen atoms in total. The minimum absolute atomic E-state index is 0.0437. The second-order valence-corrected chi connectivity index (χ2v) is 8.47. The molecule has 3 N–H and O–H groups in total. The molecule has 0 saturated heterocycles. The van der Waals surface area contributed by atoms with Crippen LogP contribution in [0.15, 0.2) is 4.90 Å². The highest BCUT2D eigenvalue weighted by Gasteiger charge is 2.33. The van der Waals surface area contributed by atoms with Gasteiger partial charge in [0.05, 0.1) is 5.75 Å². The Kier molecular flexibility index (Phi) is 4.59. The molecule has 3 unspecified atom stereocenters. The first-order chi connectivity index (χ1) is 9.40. The quantitative estimate of drug-likeness (QED) is 0.872. The molecule has 1 saturated carbocycles. The van der Waals surface area contributed by atoms with E-state index < -0.39 is 9.84 Å². The average Bonchev–Trinajstić information content (AvgIpc) is 2.95. The van der Waals surface area contributed by atoms with Gasteiger partial charge in [0, 0.05) is 6.04 Å². The fourth-order valence-electron chi connectivity index (χ4n) is 3.03. The van der Waals surface area contributed by atoms with Crippen molar-refractivity contribution in [3.8, 4) is 0 Å². The lowest BCUT2D eigenvalue weighted by Gasteiger charge is -2.21. The van der Waals surface area contributed by atoms with Gasteiger partial charge in [-0.15, -0.1) is 0 Å². The van der Waals surface area contributed by atoms with Crippen LogP contribution in [0.2, 0.25) is 0 Å². The largest absolute Gasteiger partial charge is 0.382 e. The number of sulfone groups is 1. The van der Waals surface area contributed by atoms with Crippen molar-refractivity contribution in [1.29, 1.82) is 0 Å². The lowest BCUT2D eigenvalue weighted by molar-refractivity contribution is 0.392. The number of aromatic nitrogens is 1. The van der Waals surface area contributed by atoms with Crippen LogP contribution in [0.3, 0.4) is 0 Å². The second-order valence-electron chi connectivity index (χ2n) is 5.49. The molecule has 114 valence electrons. The van der Waals surface area contributed by atoms with E-state index in [9.17, 15) is 8.42 Å². The maximum Gasteiger partial charge on any atom is 0.184 e. The smallest absolute Gasteiger partial charge is 0.184 e. The van der Waals surface area contributed by atoms with Crippen LogP contribution >= 0.6 is 11.5 Å². The second kappa shape index (κ2) is 5.89. The number of rotatable bonds is 5. The molecule has 0 amide bonds. The van der Waals surface area contributed by atoms with Crippen LogP contribution in [-0.2, 0) is 9.84 Å². The van der Waals surface area contributed by atoms with E-state index in [2.05, 4.69) is 23.5 Å². The van der Waals surface area contributed by atoms with Crippen LogP contribution in [0.1, 0.15) is 40.0 Å². The van der Waals surface area contributed by atoms with Gasteiger partial charge in [-0.1, -0.05) is 27.2 Å². The summed E-state index contributed by atoms with van der Waals surface area (Å²) in [4.78, 5) is 0.192. The van der Waals surface area contributed by atoms with Crippen LogP contribution in [0.5, 0.6) is 0 Å². The highest BCUT2D eigenvalue weighted by Crippen LogP contribution is 2.39. The molecule has 0 bridgehead atoms. The summed E-state index contributed by atoms with van der Waals surface area (Å²) in [6.07, 6.45) is 3.44. The summed E-state index contributed by atoms with van der Waals surface area (Å²) in [5, 5.41) is 3.99. The third-order valence-electron chi connectivity index (χ3n) is 4.43. The average molecular weight is 317 g/mol. The van der Waals surface area contributed by atoms with Gasteiger partial charge in [0.15, 0.2) is 15.7 Å². The molecule has 1 heterocycles. The molecule has 0 spiro atoms. The van der Waals surface area contributed by atoms with Gasteiger partial charge >= 0.3 is 0 Å². The maximum absolute atomic E-state index is 12.1. The molecule has 1 aliphatic carbocycles. The number of anilines is 2. The lowest BCUT2D eigenvalue weighted by Crippen LogP contribution is -2.25. The van der Waals surface area contributed by atoms with E-state index in [0.717, 1.165) is 18.0 Å². The highest BCUT2D eigenvalue weighted by atomic mass is 32.2. The molecule has 1 aromatic rings. The molecular formula is C13H23N3O2S2. The molecule has 1 aliphatic rings. The van der Waals surface area contributed by atoms with E-state index in [-0.39, 0.29) is 16.5 Å². The summed E-state index contributed by atoms with van der Waals surface area (Å²) in [7, 11) is -3.33. The Morgan fingerprint density at radius 3 is 2.65 bits per heavy atom. The molecule has 20 heavy (non-hydrogen) atoms. The van der Waals surface area contributed by atoms with Crippen molar-refractivity contribution in [2.24, 2.45) is 11.8 Å². The van der Waals surface area contributed by atoms with Crippen molar-refractivity contribution < 1.29 is 8.42 Å². The third kappa shape index (κ3) is 2.79. The lowest BCUT2D eigenvalue weighted by atomic mass is 9.93. The van der Waals surface area contributed by atoms with E-state index in [4.69, 9.17) is 5.73 Å². The van der Waals surface area contributed by atoms with E-state index >= 15 is 0 Å². The summed E-state index contributed by atoms with van der Waals surface area (Å²) in [6.45, 7) is 6.07. The van der Waals surface area contributed by atoms with E-state index in [1.165, 1.54) is 12.8 Å². The minimum atomic E-state index is -3.33. The van der Waals surface area contributed by atoms with Gasteiger partial charge in [-0.05, 0) is 36.2 Å². The highest BCUT2D eigenvalue weighted by molar-refractivity contribution is 7.91. The van der Waals surface area contributed by atoms with E-state index in [1.54, 1.807) is 6.92 Å². The predicted molar refractivity (Wildman–Crippen MR) is 83.8 cm³/mol. The number of hydrogen-bond donors (Lipinski definition) is 2. The number of nitrogens with zero attached hydrogens (tertiary/aromatic N) is 1. The number of nitrogens with one attached hydrogen (secondary N) is 1. The van der Waals surface area contributed by atoms with Gasteiger partial charge in [0.2, 0.25) is 0 Å². The van der Waals surface area contributed by atoms with Crippen molar-refractivity contribution >= 4 is 32.2 Å². The van der Waals surface area contributed by atoms with Crippen LogP contribution in [0.25, 0.3) is 0 Å². The topological polar surface area (TPSA) is 85.1 Å². The predicted octanol–water partition coefficient (Wildman–Crippen LogP) is 2.76. The minimum Gasteiger partial charge on any atom is -0.382 e. The van der Waals surface area contributed by atoms with Crippen LogP contribution in [0.4, 0.5) is 10.8 Å². The molecular weight excluding hydrogens is 294 g/mol. The standard InChI is InChI=1S/C13H23N3O2S2/c1-4-9-6-7-10(8(9)3)15-13-11(12(14)16-19-13)20(17,18)5-2/h8-10,15H,4-7H2,1-3H3,(H2,14,16). The first kappa shape index (κ1) is 15.6. The summed E-state index contributed by atoms with van der Waals surface area (Å²) < 4.78 is 28.3. The maximum atomic E-state index is 12.1. The Balaban J connectivity index is 2.24.